The van der Waals surface area contributed by atoms with Crippen LogP contribution in [0.2, 0.25) is 0 Å². The van der Waals surface area contributed by atoms with Gasteiger partial charge >= 0.3 is 0 Å². The third kappa shape index (κ3) is 3.08. The van der Waals surface area contributed by atoms with E-state index in [0.29, 0.717) is 11.5 Å². The van der Waals surface area contributed by atoms with Gasteiger partial charge < -0.3 is 10.2 Å². The first-order chi connectivity index (χ1) is 8.56. The van der Waals surface area contributed by atoms with Gasteiger partial charge in [0.1, 0.15) is 0 Å². The van der Waals surface area contributed by atoms with Crippen molar-refractivity contribution in [3.63, 3.8) is 0 Å². The molecule has 1 aliphatic carbocycles. The molecule has 1 saturated heterocycles. The van der Waals surface area contributed by atoms with Crippen molar-refractivity contribution in [2.24, 2.45) is 17.3 Å². The summed E-state index contributed by atoms with van der Waals surface area (Å²) in [5, 5.41) is 3.59. The maximum Gasteiger partial charge on any atom is 0.0156 e. The van der Waals surface area contributed by atoms with Gasteiger partial charge in [-0.25, -0.2) is 0 Å². The molecule has 1 heterocycles. The van der Waals surface area contributed by atoms with Crippen LogP contribution in [-0.2, 0) is 0 Å². The van der Waals surface area contributed by atoms with Crippen molar-refractivity contribution >= 4 is 0 Å². The van der Waals surface area contributed by atoms with E-state index in [4.69, 9.17) is 0 Å². The standard InChI is InChI=1S/C16H32N2/c1-5-6-13-8-10-18(11-13)12-14-7-9-16(2,3)15(14)17-4/h13-15,17H,5-12H2,1-4H3. The van der Waals surface area contributed by atoms with Gasteiger partial charge in [-0.05, 0) is 56.5 Å². The van der Waals surface area contributed by atoms with Gasteiger partial charge in [-0.2, -0.15) is 0 Å². The minimum Gasteiger partial charge on any atom is -0.316 e. The number of rotatable bonds is 5. The Morgan fingerprint density at radius 3 is 2.72 bits per heavy atom. The van der Waals surface area contributed by atoms with Crippen LogP contribution in [0.3, 0.4) is 0 Å². The normalized spacial score (nSPS) is 36.3. The average molecular weight is 252 g/mol. The van der Waals surface area contributed by atoms with Crippen molar-refractivity contribution < 1.29 is 0 Å². The van der Waals surface area contributed by atoms with Crippen LogP contribution in [0.5, 0.6) is 0 Å². The topological polar surface area (TPSA) is 15.3 Å². The molecule has 2 rings (SSSR count). The number of hydrogen-bond donors (Lipinski definition) is 1. The minimum absolute atomic E-state index is 0.488. The highest BCUT2D eigenvalue weighted by Crippen LogP contribution is 2.41. The third-order valence-electron chi connectivity index (χ3n) is 5.34. The van der Waals surface area contributed by atoms with E-state index in [9.17, 15) is 0 Å². The first kappa shape index (κ1) is 14.3. The van der Waals surface area contributed by atoms with Crippen molar-refractivity contribution in [2.75, 3.05) is 26.7 Å². The zero-order valence-electron chi connectivity index (χ0n) is 12.8. The molecule has 3 unspecified atom stereocenters. The largest absolute Gasteiger partial charge is 0.316 e. The van der Waals surface area contributed by atoms with E-state index < -0.39 is 0 Å². The van der Waals surface area contributed by atoms with E-state index in [0.717, 1.165) is 11.8 Å². The quantitative estimate of drug-likeness (QED) is 0.809. The van der Waals surface area contributed by atoms with Gasteiger partial charge in [-0.15, -0.1) is 0 Å². The summed E-state index contributed by atoms with van der Waals surface area (Å²) in [7, 11) is 2.15. The van der Waals surface area contributed by atoms with Crippen LogP contribution >= 0.6 is 0 Å². The molecule has 0 amide bonds. The lowest BCUT2D eigenvalue weighted by molar-refractivity contribution is 0.207. The van der Waals surface area contributed by atoms with E-state index in [1.165, 1.54) is 51.7 Å². The second kappa shape index (κ2) is 5.92. The smallest absolute Gasteiger partial charge is 0.0156 e. The monoisotopic (exact) mass is 252 g/mol. The Morgan fingerprint density at radius 1 is 1.28 bits per heavy atom. The van der Waals surface area contributed by atoms with Crippen LogP contribution in [0, 0.1) is 17.3 Å². The summed E-state index contributed by atoms with van der Waals surface area (Å²) in [4.78, 5) is 2.73. The van der Waals surface area contributed by atoms with Gasteiger partial charge in [0, 0.05) is 19.1 Å². The molecule has 0 aromatic carbocycles. The molecule has 1 saturated carbocycles. The first-order valence-electron chi connectivity index (χ1n) is 7.96. The Labute approximate surface area is 114 Å². The second-order valence-electron chi connectivity index (χ2n) is 7.26. The predicted molar refractivity (Wildman–Crippen MR) is 78.8 cm³/mol. The van der Waals surface area contributed by atoms with Gasteiger partial charge in [0.2, 0.25) is 0 Å². The van der Waals surface area contributed by atoms with Gasteiger partial charge in [-0.1, -0.05) is 27.2 Å². The van der Waals surface area contributed by atoms with Crippen molar-refractivity contribution in [3.05, 3.63) is 0 Å². The molecule has 3 atom stereocenters. The molecule has 0 aromatic heterocycles. The number of nitrogens with zero attached hydrogens (tertiary/aromatic N) is 1. The van der Waals surface area contributed by atoms with E-state index >= 15 is 0 Å². The van der Waals surface area contributed by atoms with Gasteiger partial charge in [0.15, 0.2) is 0 Å². The molecule has 2 nitrogen and oxygen atoms in total. The van der Waals surface area contributed by atoms with Crippen molar-refractivity contribution in [2.45, 2.75) is 58.9 Å². The molecule has 2 heteroatoms. The lowest BCUT2D eigenvalue weighted by atomic mass is 9.85. The molecule has 18 heavy (non-hydrogen) atoms. The summed E-state index contributed by atoms with van der Waals surface area (Å²) in [6.07, 6.45) is 7.02. The number of nitrogens with one attached hydrogen (secondary N) is 1. The molecule has 0 bridgehead atoms. The summed E-state index contributed by atoms with van der Waals surface area (Å²) >= 11 is 0. The second-order valence-corrected chi connectivity index (χ2v) is 7.26. The fraction of sp³-hybridized carbons (Fsp3) is 1.00. The molecule has 0 spiro atoms. The Bertz CT molecular complexity index is 262. The highest BCUT2D eigenvalue weighted by molar-refractivity contribution is 4.97. The van der Waals surface area contributed by atoms with Crippen LogP contribution in [0.15, 0.2) is 0 Å². The molecule has 106 valence electrons. The van der Waals surface area contributed by atoms with E-state index in [1.54, 1.807) is 0 Å². The molecule has 0 radical (unpaired) electrons. The van der Waals surface area contributed by atoms with Gasteiger partial charge in [-0.3, -0.25) is 0 Å². The van der Waals surface area contributed by atoms with Crippen LogP contribution in [0.4, 0.5) is 0 Å². The van der Waals surface area contributed by atoms with E-state index in [1.807, 2.05) is 0 Å². The maximum atomic E-state index is 3.59. The van der Waals surface area contributed by atoms with Crippen LogP contribution in [0.1, 0.15) is 52.9 Å². The number of hydrogen-bond acceptors (Lipinski definition) is 2. The zero-order chi connectivity index (χ0) is 13.2. The molecule has 1 aliphatic heterocycles. The average Bonchev–Trinajstić information content (AvgIpc) is 2.85. The Morgan fingerprint density at radius 2 is 2.06 bits per heavy atom. The van der Waals surface area contributed by atoms with Gasteiger partial charge in [0.05, 0.1) is 0 Å². The molecule has 1 N–H and O–H groups in total. The fourth-order valence-electron chi connectivity index (χ4n) is 4.39. The molecule has 2 fully saturated rings. The SMILES string of the molecule is CCCC1CCN(CC2CCC(C)(C)C2NC)C1. The molecule has 2 aliphatic rings. The number of likely N-dealkylation sites (tertiary alicyclic amines) is 1. The maximum absolute atomic E-state index is 3.59. The van der Waals surface area contributed by atoms with Gasteiger partial charge in [0.25, 0.3) is 0 Å². The summed E-state index contributed by atoms with van der Waals surface area (Å²) in [5.74, 6) is 1.85. The summed E-state index contributed by atoms with van der Waals surface area (Å²) < 4.78 is 0. The first-order valence-corrected chi connectivity index (χ1v) is 7.96. The molecular weight excluding hydrogens is 220 g/mol. The predicted octanol–water partition coefficient (Wildman–Crippen LogP) is 3.13. The van der Waals surface area contributed by atoms with E-state index in [2.05, 4.69) is 38.0 Å². The van der Waals surface area contributed by atoms with Crippen LogP contribution < -0.4 is 5.32 Å². The highest BCUT2D eigenvalue weighted by Gasteiger charge is 2.41. The summed E-state index contributed by atoms with van der Waals surface area (Å²) in [6.45, 7) is 11.2. The Balaban J connectivity index is 1.84. The lowest BCUT2D eigenvalue weighted by Crippen LogP contribution is -2.43. The highest BCUT2D eigenvalue weighted by atomic mass is 15.2. The van der Waals surface area contributed by atoms with Crippen molar-refractivity contribution in [1.82, 2.24) is 10.2 Å². The summed E-state index contributed by atoms with van der Waals surface area (Å²) in [6, 6.07) is 0.711. The lowest BCUT2D eigenvalue weighted by Gasteiger charge is -2.32. The molecular formula is C16H32N2. The summed E-state index contributed by atoms with van der Waals surface area (Å²) in [5.41, 5.74) is 0.488. The van der Waals surface area contributed by atoms with Crippen molar-refractivity contribution in [3.8, 4) is 0 Å². The minimum atomic E-state index is 0.488. The third-order valence-corrected chi connectivity index (χ3v) is 5.34. The van der Waals surface area contributed by atoms with Crippen LogP contribution in [-0.4, -0.2) is 37.6 Å². The molecule has 0 aromatic rings. The zero-order valence-corrected chi connectivity index (χ0v) is 12.8. The fourth-order valence-corrected chi connectivity index (χ4v) is 4.39. The van der Waals surface area contributed by atoms with Crippen LogP contribution in [0.25, 0.3) is 0 Å². The van der Waals surface area contributed by atoms with E-state index in [-0.39, 0.29) is 0 Å². The van der Waals surface area contributed by atoms with Crippen molar-refractivity contribution in [1.29, 1.82) is 0 Å². The Hall–Kier alpha value is -0.0800. The Kier molecular flexibility index (Phi) is 4.71.